The Balaban J connectivity index is 1.96. The zero-order valence-corrected chi connectivity index (χ0v) is 15.0. The number of anilines is 1. The van der Waals surface area contributed by atoms with Gasteiger partial charge in [-0.05, 0) is 25.1 Å². The third-order valence-corrected chi connectivity index (χ3v) is 4.82. The average Bonchev–Trinajstić information content (AvgIpc) is 2.60. The number of piperidine rings is 1. The van der Waals surface area contributed by atoms with E-state index < -0.39 is 0 Å². The summed E-state index contributed by atoms with van der Waals surface area (Å²) in [6.07, 6.45) is 1.47. The maximum absolute atomic E-state index is 12.5. The van der Waals surface area contributed by atoms with Crippen LogP contribution < -0.4 is 15.0 Å². The van der Waals surface area contributed by atoms with E-state index in [2.05, 4.69) is 5.32 Å². The number of amides is 1. The molecular formula is C17H24ClN2O4+. The maximum atomic E-state index is 12.5. The fourth-order valence-electron chi connectivity index (χ4n) is 3.03. The van der Waals surface area contributed by atoms with Gasteiger partial charge in [-0.25, -0.2) is 0 Å². The van der Waals surface area contributed by atoms with E-state index >= 15 is 0 Å². The molecule has 6 nitrogen and oxygen atoms in total. The summed E-state index contributed by atoms with van der Waals surface area (Å²) >= 11 is 5.99. The minimum absolute atomic E-state index is 0.0537. The molecule has 0 unspecified atom stereocenters. The lowest BCUT2D eigenvalue weighted by Crippen LogP contribution is -3.17. The Morgan fingerprint density at radius 2 is 1.96 bits per heavy atom. The normalized spacial score (nSPS) is 21.7. The monoisotopic (exact) mass is 355 g/mol. The second-order valence-corrected chi connectivity index (χ2v) is 6.45. The third kappa shape index (κ3) is 4.39. The van der Waals surface area contributed by atoms with Gasteiger partial charge in [0.05, 0.1) is 38.9 Å². The van der Waals surface area contributed by atoms with Crippen molar-refractivity contribution in [1.82, 2.24) is 0 Å². The molecule has 1 atom stereocenters. The van der Waals surface area contributed by atoms with Gasteiger partial charge < -0.3 is 19.7 Å². The van der Waals surface area contributed by atoms with E-state index in [-0.39, 0.29) is 23.8 Å². The van der Waals surface area contributed by atoms with Crippen LogP contribution in [-0.2, 0) is 14.3 Å². The van der Waals surface area contributed by atoms with E-state index in [1.165, 1.54) is 7.11 Å². The van der Waals surface area contributed by atoms with Gasteiger partial charge in [0.2, 0.25) is 0 Å². The van der Waals surface area contributed by atoms with E-state index in [1.54, 1.807) is 25.3 Å². The molecule has 1 aromatic rings. The van der Waals surface area contributed by atoms with E-state index in [1.807, 2.05) is 6.92 Å². The minimum atomic E-state index is -0.229. The Morgan fingerprint density at radius 3 is 2.54 bits per heavy atom. The van der Waals surface area contributed by atoms with Crippen molar-refractivity contribution in [3.8, 4) is 5.75 Å². The molecular weight excluding hydrogens is 332 g/mol. The molecule has 132 valence electrons. The van der Waals surface area contributed by atoms with E-state index in [0.717, 1.165) is 30.8 Å². The average molecular weight is 356 g/mol. The molecule has 24 heavy (non-hydrogen) atoms. The zero-order valence-electron chi connectivity index (χ0n) is 14.2. The second-order valence-electron chi connectivity index (χ2n) is 6.01. The van der Waals surface area contributed by atoms with Crippen LogP contribution in [0.4, 0.5) is 5.69 Å². The molecule has 0 saturated carbocycles. The summed E-state index contributed by atoms with van der Waals surface area (Å²) in [6, 6.07) is 4.87. The van der Waals surface area contributed by atoms with Crippen LogP contribution in [0.3, 0.4) is 0 Å². The number of ether oxygens (including phenoxy) is 2. The van der Waals surface area contributed by atoms with Crippen LogP contribution in [0.1, 0.15) is 19.8 Å². The van der Waals surface area contributed by atoms with Crippen molar-refractivity contribution in [2.24, 2.45) is 5.92 Å². The highest BCUT2D eigenvalue weighted by atomic mass is 35.5. The van der Waals surface area contributed by atoms with Gasteiger partial charge in [-0.1, -0.05) is 11.6 Å². The Kier molecular flexibility index (Phi) is 6.45. The summed E-state index contributed by atoms with van der Waals surface area (Å²) in [6.45, 7) is 3.42. The van der Waals surface area contributed by atoms with Gasteiger partial charge in [0.25, 0.3) is 5.91 Å². The number of esters is 1. The lowest BCUT2D eigenvalue weighted by atomic mass is 9.96. The standard InChI is InChI=1S/C17H23ClN2O4/c1-11(20-8-6-12(7-9-20)17(22)24-3)16(21)19-14-10-13(18)4-5-15(14)23-2/h4-5,10-12H,6-9H2,1-3H3,(H,19,21)/p+1/t11-/m1/s1. The van der Waals surface area contributed by atoms with Crippen molar-refractivity contribution in [3.63, 3.8) is 0 Å². The molecule has 1 aliphatic rings. The topological polar surface area (TPSA) is 69.1 Å². The van der Waals surface area contributed by atoms with Gasteiger partial charge in [-0.3, -0.25) is 9.59 Å². The molecule has 1 amide bonds. The van der Waals surface area contributed by atoms with E-state index in [9.17, 15) is 9.59 Å². The largest absolute Gasteiger partial charge is 0.495 e. The maximum Gasteiger partial charge on any atom is 0.309 e. The zero-order chi connectivity index (χ0) is 17.7. The Hall–Kier alpha value is -1.79. The van der Waals surface area contributed by atoms with Gasteiger partial charge in [-0.15, -0.1) is 0 Å². The van der Waals surface area contributed by atoms with Gasteiger partial charge >= 0.3 is 5.97 Å². The number of likely N-dealkylation sites (tertiary alicyclic amines) is 1. The van der Waals surface area contributed by atoms with Crippen LogP contribution in [0.2, 0.25) is 5.02 Å². The molecule has 0 aromatic heterocycles. The highest BCUT2D eigenvalue weighted by Crippen LogP contribution is 2.27. The van der Waals surface area contributed by atoms with Crippen molar-refractivity contribution >= 4 is 29.2 Å². The molecule has 1 aromatic carbocycles. The number of quaternary nitrogens is 1. The first kappa shape index (κ1) is 18.5. The smallest absolute Gasteiger partial charge is 0.309 e. The lowest BCUT2D eigenvalue weighted by molar-refractivity contribution is -0.919. The first-order chi connectivity index (χ1) is 11.5. The van der Waals surface area contributed by atoms with Gasteiger partial charge in [-0.2, -0.15) is 0 Å². The van der Waals surface area contributed by atoms with Gasteiger partial charge in [0.15, 0.2) is 6.04 Å². The lowest BCUT2D eigenvalue weighted by Gasteiger charge is -2.31. The first-order valence-electron chi connectivity index (χ1n) is 8.03. The number of rotatable bonds is 5. The minimum Gasteiger partial charge on any atom is -0.495 e. The number of methoxy groups -OCH3 is 2. The molecule has 0 spiro atoms. The van der Waals surface area contributed by atoms with Crippen LogP contribution in [0.25, 0.3) is 0 Å². The van der Waals surface area contributed by atoms with Gasteiger partial charge in [0, 0.05) is 17.9 Å². The number of carbonyl (C=O) groups excluding carboxylic acids is 2. The fraction of sp³-hybridized carbons (Fsp3) is 0.529. The summed E-state index contributed by atoms with van der Waals surface area (Å²) in [5.74, 6) is 0.262. The summed E-state index contributed by atoms with van der Waals surface area (Å²) in [7, 11) is 2.96. The number of hydrogen-bond acceptors (Lipinski definition) is 4. The quantitative estimate of drug-likeness (QED) is 0.777. The molecule has 0 radical (unpaired) electrons. The first-order valence-corrected chi connectivity index (χ1v) is 8.40. The summed E-state index contributed by atoms with van der Waals surface area (Å²) in [5.41, 5.74) is 0.561. The van der Waals surface area contributed by atoms with Crippen LogP contribution in [0.15, 0.2) is 18.2 Å². The van der Waals surface area contributed by atoms with E-state index in [4.69, 9.17) is 21.1 Å². The highest BCUT2D eigenvalue weighted by Gasteiger charge is 2.33. The fourth-order valence-corrected chi connectivity index (χ4v) is 3.20. The second kappa shape index (κ2) is 8.35. The molecule has 0 bridgehead atoms. The third-order valence-electron chi connectivity index (χ3n) is 4.59. The summed E-state index contributed by atoms with van der Waals surface area (Å²) in [5, 5.41) is 3.42. The van der Waals surface area contributed by atoms with Crippen LogP contribution in [0, 0.1) is 5.92 Å². The molecule has 1 saturated heterocycles. The number of hydrogen-bond donors (Lipinski definition) is 2. The predicted molar refractivity (Wildman–Crippen MR) is 91.5 cm³/mol. The Morgan fingerprint density at radius 1 is 1.29 bits per heavy atom. The van der Waals surface area contributed by atoms with Crippen molar-refractivity contribution in [2.75, 3.05) is 32.6 Å². The Labute approximate surface area is 147 Å². The predicted octanol–water partition coefficient (Wildman–Crippen LogP) is 1.14. The molecule has 1 heterocycles. The molecule has 0 aliphatic carbocycles. The summed E-state index contributed by atoms with van der Waals surface area (Å²) < 4.78 is 10.0. The van der Waals surface area contributed by atoms with Crippen molar-refractivity contribution in [1.29, 1.82) is 0 Å². The SMILES string of the molecule is COC(=O)C1CC[NH+]([C@H](C)C(=O)Nc2cc(Cl)ccc2OC)CC1. The van der Waals surface area contributed by atoms with Crippen molar-refractivity contribution in [2.45, 2.75) is 25.8 Å². The van der Waals surface area contributed by atoms with Gasteiger partial charge in [0.1, 0.15) is 5.75 Å². The van der Waals surface area contributed by atoms with Crippen molar-refractivity contribution in [3.05, 3.63) is 23.2 Å². The highest BCUT2D eigenvalue weighted by molar-refractivity contribution is 6.31. The van der Waals surface area contributed by atoms with Crippen LogP contribution in [-0.4, -0.2) is 45.2 Å². The molecule has 2 rings (SSSR count). The molecule has 1 fully saturated rings. The Bertz CT molecular complexity index is 600. The number of benzene rings is 1. The van der Waals surface area contributed by atoms with Crippen LogP contribution >= 0.6 is 11.6 Å². The number of nitrogens with one attached hydrogen (secondary N) is 2. The molecule has 7 heteroatoms. The molecule has 2 N–H and O–H groups in total. The number of carbonyl (C=O) groups is 2. The number of halogens is 1. The summed E-state index contributed by atoms with van der Waals surface area (Å²) in [4.78, 5) is 25.3. The van der Waals surface area contributed by atoms with E-state index in [0.29, 0.717) is 16.5 Å². The van der Waals surface area contributed by atoms with Crippen molar-refractivity contribution < 1.29 is 24.0 Å². The molecule has 1 aliphatic heterocycles. The van der Waals surface area contributed by atoms with Crippen LogP contribution in [0.5, 0.6) is 5.75 Å².